The Morgan fingerprint density at radius 2 is 1.89 bits per heavy atom. The minimum atomic E-state index is 0.349. The predicted octanol–water partition coefficient (Wildman–Crippen LogP) is 4.17. The zero-order chi connectivity index (χ0) is 13.8. The molecular weight excluding hydrogens is 234 g/mol. The lowest BCUT2D eigenvalue weighted by Gasteiger charge is -2.34. The first-order chi connectivity index (χ1) is 9.11. The summed E-state index contributed by atoms with van der Waals surface area (Å²) in [5.74, 6) is 2.69. The van der Waals surface area contributed by atoms with Gasteiger partial charge in [-0.3, -0.25) is 0 Å². The van der Waals surface area contributed by atoms with E-state index in [1.807, 2.05) is 12.1 Å². The van der Waals surface area contributed by atoms with Gasteiger partial charge in [0.05, 0.1) is 7.11 Å². The molecule has 0 aromatic heterocycles. The van der Waals surface area contributed by atoms with Gasteiger partial charge in [-0.25, -0.2) is 0 Å². The van der Waals surface area contributed by atoms with Crippen molar-refractivity contribution in [2.24, 2.45) is 11.8 Å². The maximum absolute atomic E-state index is 5.45. The molecule has 1 aromatic carbocycles. The van der Waals surface area contributed by atoms with Crippen molar-refractivity contribution in [2.45, 2.75) is 52.1 Å². The standard InChI is InChI=1S/C17H27NO/c1-12-9-10-15(11-13(12)2)18-14(3)16-7-5-6-8-17(16)19-4/h5-8,12-15,18H,9-11H2,1-4H3/t12?,13?,14-,15?/m1/s1. The molecule has 0 amide bonds. The van der Waals surface area contributed by atoms with Gasteiger partial charge in [0, 0.05) is 17.6 Å². The largest absolute Gasteiger partial charge is 0.496 e. The minimum Gasteiger partial charge on any atom is -0.496 e. The summed E-state index contributed by atoms with van der Waals surface area (Å²) in [4.78, 5) is 0. The molecule has 1 saturated carbocycles. The Bertz CT molecular complexity index is 404. The van der Waals surface area contributed by atoms with Crippen molar-refractivity contribution in [2.75, 3.05) is 7.11 Å². The number of nitrogens with one attached hydrogen (secondary N) is 1. The molecule has 0 saturated heterocycles. The van der Waals surface area contributed by atoms with E-state index in [1.165, 1.54) is 24.8 Å². The second-order valence-electron chi connectivity index (χ2n) is 6.09. The van der Waals surface area contributed by atoms with E-state index >= 15 is 0 Å². The van der Waals surface area contributed by atoms with Crippen molar-refractivity contribution >= 4 is 0 Å². The Labute approximate surface area is 117 Å². The molecule has 1 fully saturated rings. The van der Waals surface area contributed by atoms with Crippen molar-refractivity contribution in [3.05, 3.63) is 29.8 Å². The van der Waals surface area contributed by atoms with Crippen LogP contribution in [0.1, 0.15) is 51.6 Å². The Morgan fingerprint density at radius 3 is 2.58 bits per heavy atom. The minimum absolute atomic E-state index is 0.349. The average molecular weight is 261 g/mol. The van der Waals surface area contributed by atoms with Crippen LogP contribution in [0, 0.1) is 11.8 Å². The summed E-state index contributed by atoms with van der Waals surface area (Å²) in [5.41, 5.74) is 1.26. The quantitative estimate of drug-likeness (QED) is 0.878. The first-order valence-corrected chi connectivity index (χ1v) is 7.50. The van der Waals surface area contributed by atoms with Crippen molar-refractivity contribution in [3.63, 3.8) is 0 Å². The van der Waals surface area contributed by atoms with Gasteiger partial charge in [0.2, 0.25) is 0 Å². The molecule has 2 heteroatoms. The fourth-order valence-corrected chi connectivity index (χ4v) is 3.17. The van der Waals surface area contributed by atoms with Gasteiger partial charge in [-0.15, -0.1) is 0 Å². The molecule has 1 aliphatic carbocycles. The molecule has 3 unspecified atom stereocenters. The maximum atomic E-state index is 5.45. The SMILES string of the molecule is COc1ccccc1[C@@H](C)NC1CCC(C)C(C)C1. The van der Waals surface area contributed by atoms with E-state index in [-0.39, 0.29) is 0 Å². The molecule has 1 aliphatic rings. The fraction of sp³-hybridized carbons (Fsp3) is 0.647. The summed E-state index contributed by atoms with van der Waals surface area (Å²) in [6.07, 6.45) is 3.93. The molecule has 1 N–H and O–H groups in total. The molecule has 0 bridgehead atoms. The summed E-state index contributed by atoms with van der Waals surface area (Å²) in [5, 5.41) is 3.78. The van der Waals surface area contributed by atoms with E-state index < -0.39 is 0 Å². The number of benzene rings is 1. The van der Waals surface area contributed by atoms with Crippen LogP contribution >= 0.6 is 0 Å². The van der Waals surface area contributed by atoms with E-state index in [0.29, 0.717) is 12.1 Å². The van der Waals surface area contributed by atoms with Crippen LogP contribution in [0.25, 0.3) is 0 Å². The molecule has 0 spiro atoms. The fourth-order valence-electron chi connectivity index (χ4n) is 3.17. The van der Waals surface area contributed by atoms with Crippen molar-refractivity contribution in [1.29, 1.82) is 0 Å². The Kier molecular flexibility index (Phi) is 4.87. The van der Waals surface area contributed by atoms with Crippen LogP contribution < -0.4 is 10.1 Å². The average Bonchev–Trinajstić information content (AvgIpc) is 2.43. The number of para-hydroxylation sites is 1. The van der Waals surface area contributed by atoms with E-state index in [2.05, 4.69) is 38.2 Å². The van der Waals surface area contributed by atoms with Gasteiger partial charge in [-0.2, -0.15) is 0 Å². The van der Waals surface area contributed by atoms with Crippen LogP contribution in [0.4, 0.5) is 0 Å². The van der Waals surface area contributed by atoms with E-state index in [4.69, 9.17) is 4.74 Å². The maximum Gasteiger partial charge on any atom is 0.123 e. The van der Waals surface area contributed by atoms with Crippen molar-refractivity contribution in [1.82, 2.24) is 5.32 Å². The molecule has 2 nitrogen and oxygen atoms in total. The van der Waals surface area contributed by atoms with Gasteiger partial charge < -0.3 is 10.1 Å². The van der Waals surface area contributed by atoms with Crippen LogP contribution in [0.5, 0.6) is 5.75 Å². The number of hydrogen-bond donors (Lipinski definition) is 1. The second kappa shape index (κ2) is 6.42. The normalized spacial score (nSPS) is 28.9. The van der Waals surface area contributed by atoms with Gasteiger partial charge in [-0.1, -0.05) is 32.0 Å². The first-order valence-electron chi connectivity index (χ1n) is 7.50. The Hall–Kier alpha value is -1.02. The third kappa shape index (κ3) is 3.50. The summed E-state index contributed by atoms with van der Waals surface area (Å²) >= 11 is 0. The zero-order valence-corrected chi connectivity index (χ0v) is 12.6. The summed E-state index contributed by atoms with van der Waals surface area (Å²) in [7, 11) is 1.75. The number of methoxy groups -OCH3 is 1. The van der Waals surface area contributed by atoms with Gasteiger partial charge in [0.25, 0.3) is 0 Å². The molecule has 0 aliphatic heterocycles. The van der Waals surface area contributed by atoms with Crippen molar-refractivity contribution < 1.29 is 4.74 Å². The van der Waals surface area contributed by atoms with Gasteiger partial charge in [-0.05, 0) is 44.1 Å². The lowest BCUT2D eigenvalue weighted by atomic mass is 9.79. The van der Waals surface area contributed by atoms with Gasteiger partial charge >= 0.3 is 0 Å². The zero-order valence-electron chi connectivity index (χ0n) is 12.6. The third-order valence-electron chi connectivity index (χ3n) is 4.69. The number of ether oxygens (including phenoxy) is 1. The smallest absolute Gasteiger partial charge is 0.123 e. The molecule has 19 heavy (non-hydrogen) atoms. The molecule has 1 aromatic rings. The van der Waals surface area contributed by atoms with Crippen LogP contribution in [0.2, 0.25) is 0 Å². The highest BCUT2D eigenvalue weighted by Gasteiger charge is 2.25. The number of hydrogen-bond acceptors (Lipinski definition) is 2. The topological polar surface area (TPSA) is 21.3 Å². The highest BCUT2D eigenvalue weighted by molar-refractivity contribution is 5.35. The molecule has 0 heterocycles. The molecule has 106 valence electrons. The van der Waals surface area contributed by atoms with E-state index in [0.717, 1.165) is 17.6 Å². The highest BCUT2D eigenvalue weighted by Crippen LogP contribution is 2.31. The summed E-state index contributed by atoms with van der Waals surface area (Å²) in [6, 6.07) is 9.30. The number of rotatable bonds is 4. The molecular formula is C17H27NO. The van der Waals surface area contributed by atoms with Crippen molar-refractivity contribution in [3.8, 4) is 5.75 Å². The van der Waals surface area contributed by atoms with Crippen LogP contribution in [-0.2, 0) is 0 Å². The molecule has 2 rings (SSSR count). The van der Waals surface area contributed by atoms with Gasteiger partial charge in [0.15, 0.2) is 0 Å². The highest BCUT2D eigenvalue weighted by atomic mass is 16.5. The van der Waals surface area contributed by atoms with E-state index in [1.54, 1.807) is 7.11 Å². The van der Waals surface area contributed by atoms with Crippen LogP contribution in [0.3, 0.4) is 0 Å². The Morgan fingerprint density at radius 1 is 1.16 bits per heavy atom. The third-order valence-corrected chi connectivity index (χ3v) is 4.69. The second-order valence-corrected chi connectivity index (χ2v) is 6.09. The van der Waals surface area contributed by atoms with Crippen LogP contribution in [0.15, 0.2) is 24.3 Å². The van der Waals surface area contributed by atoms with Crippen LogP contribution in [-0.4, -0.2) is 13.2 Å². The van der Waals surface area contributed by atoms with Gasteiger partial charge in [0.1, 0.15) is 5.75 Å². The molecule has 4 atom stereocenters. The summed E-state index contributed by atoms with van der Waals surface area (Å²) < 4.78 is 5.45. The monoisotopic (exact) mass is 261 g/mol. The Balaban J connectivity index is 1.99. The van der Waals surface area contributed by atoms with E-state index in [9.17, 15) is 0 Å². The first kappa shape index (κ1) is 14.4. The lowest BCUT2D eigenvalue weighted by molar-refractivity contribution is 0.216. The predicted molar refractivity (Wildman–Crippen MR) is 80.5 cm³/mol. The summed E-state index contributed by atoms with van der Waals surface area (Å²) in [6.45, 7) is 7.00. The lowest BCUT2D eigenvalue weighted by Crippen LogP contribution is -2.37. The molecule has 0 radical (unpaired) electrons.